The molecule has 3 aromatic rings. The molecule has 32 heavy (non-hydrogen) atoms. The zero-order valence-corrected chi connectivity index (χ0v) is 19.9. The summed E-state index contributed by atoms with van der Waals surface area (Å²) >= 11 is 1.05. The van der Waals surface area contributed by atoms with E-state index >= 15 is 0 Å². The first-order valence-corrected chi connectivity index (χ1v) is 12.7. The monoisotopic (exact) mass is 474 g/mol. The highest BCUT2D eigenvalue weighted by molar-refractivity contribution is 7.89. The zero-order valence-electron chi connectivity index (χ0n) is 18.3. The number of anilines is 1. The van der Waals surface area contributed by atoms with Gasteiger partial charge in [0.05, 0.1) is 15.1 Å². The Bertz CT molecular complexity index is 1320. The number of benzene rings is 2. The molecule has 0 bridgehead atoms. The second-order valence-electron chi connectivity index (χ2n) is 7.88. The fourth-order valence-corrected chi connectivity index (χ4v) is 6.40. The van der Waals surface area contributed by atoms with Gasteiger partial charge in [0, 0.05) is 58.1 Å². The first-order chi connectivity index (χ1) is 15.2. The Labute approximate surface area is 191 Å². The Morgan fingerprint density at radius 2 is 1.78 bits per heavy atom. The van der Waals surface area contributed by atoms with Crippen molar-refractivity contribution in [1.82, 2.24) is 13.8 Å². The van der Waals surface area contributed by atoms with Gasteiger partial charge in [-0.05, 0) is 43.3 Å². The van der Waals surface area contributed by atoms with Crippen molar-refractivity contribution in [3.05, 3.63) is 57.7 Å². The lowest BCUT2D eigenvalue weighted by atomic mass is 10.1. The summed E-state index contributed by atoms with van der Waals surface area (Å²) in [7, 11) is 0.123. The Hall–Kier alpha value is -2.69. The van der Waals surface area contributed by atoms with Crippen molar-refractivity contribution in [2.45, 2.75) is 18.4 Å². The number of carbonyl (C=O) groups is 1. The average molecular weight is 475 g/mol. The van der Waals surface area contributed by atoms with E-state index < -0.39 is 10.0 Å². The summed E-state index contributed by atoms with van der Waals surface area (Å²) in [6, 6.07) is 12.2. The van der Waals surface area contributed by atoms with Crippen molar-refractivity contribution < 1.29 is 13.2 Å². The van der Waals surface area contributed by atoms with Crippen LogP contribution in [0.5, 0.6) is 0 Å². The van der Waals surface area contributed by atoms with Gasteiger partial charge in [0.2, 0.25) is 10.0 Å². The van der Waals surface area contributed by atoms with Crippen molar-refractivity contribution in [2.75, 3.05) is 45.2 Å². The second kappa shape index (κ2) is 8.68. The molecule has 170 valence electrons. The van der Waals surface area contributed by atoms with E-state index in [1.165, 1.54) is 4.31 Å². The maximum Gasteiger partial charge on any atom is 0.308 e. The molecular formula is C22H26N4O4S2. The summed E-state index contributed by atoms with van der Waals surface area (Å²) in [6.45, 7) is 3.53. The third-order valence-corrected chi connectivity index (χ3v) is 8.57. The van der Waals surface area contributed by atoms with E-state index in [1.807, 2.05) is 44.1 Å². The van der Waals surface area contributed by atoms with Crippen LogP contribution in [0.2, 0.25) is 0 Å². The van der Waals surface area contributed by atoms with Crippen molar-refractivity contribution in [3.8, 4) is 0 Å². The number of fused-ring (bicyclic) bond motifs is 1. The first-order valence-electron chi connectivity index (χ1n) is 10.4. The molecule has 1 aliphatic heterocycles. The van der Waals surface area contributed by atoms with Gasteiger partial charge in [-0.1, -0.05) is 17.4 Å². The lowest BCUT2D eigenvalue weighted by Crippen LogP contribution is -2.50. The number of hydrogen-bond acceptors (Lipinski definition) is 6. The highest BCUT2D eigenvalue weighted by Crippen LogP contribution is 2.25. The molecule has 0 radical (unpaired) electrons. The Morgan fingerprint density at radius 1 is 1.06 bits per heavy atom. The molecule has 0 N–H and O–H groups in total. The fraction of sp³-hybridized carbons (Fsp3) is 0.364. The average Bonchev–Trinajstić information content (AvgIpc) is 3.12. The molecule has 0 saturated carbocycles. The van der Waals surface area contributed by atoms with Crippen LogP contribution in [-0.4, -0.2) is 68.4 Å². The molecule has 8 nitrogen and oxygen atoms in total. The van der Waals surface area contributed by atoms with E-state index in [-0.39, 0.29) is 28.8 Å². The molecule has 0 atom stereocenters. The van der Waals surface area contributed by atoms with Crippen LogP contribution in [-0.2, 0) is 16.6 Å². The minimum absolute atomic E-state index is 0.0949. The van der Waals surface area contributed by atoms with Crippen molar-refractivity contribution in [1.29, 1.82) is 0 Å². The Morgan fingerprint density at radius 3 is 2.44 bits per heavy atom. The third-order valence-electron chi connectivity index (χ3n) is 5.73. The number of nitrogens with zero attached hydrogens (tertiary/aromatic N) is 4. The normalized spacial score (nSPS) is 15.3. The SMILES string of the molecule is CCn1c(=O)sc2cc(S(=O)(=O)N3CCN(C(=O)c4cccc(N(C)C)c4)CC3)ccc21. The van der Waals surface area contributed by atoms with Crippen LogP contribution >= 0.6 is 11.3 Å². The van der Waals surface area contributed by atoms with E-state index in [9.17, 15) is 18.0 Å². The summed E-state index contributed by atoms with van der Waals surface area (Å²) in [6.07, 6.45) is 0. The van der Waals surface area contributed by atoms with E-state index in [0.717, 1.165) is 22.5 Å². The number of aryl methyl sites for hydroxylation is 1. The lowest BCUT2D eigenvalue weighted by Gasteiger charge is -2.34. The summed E-state index contributed by atoms with van der Waals surface area (Å²) in [5, 5.41) is 0. The second-order valence-corrected chi connectivity index (χ2v) is 10.8. The largest absolute Gasteiger partial charge is 0.378 e. The predicted molar refractivity (Wildman–Crippen MR) is 127 cm³/mol. The number of piperazine rings is 1. The number of sulfonamides is 1. The van der Waals surface area contributed by atoms with Crippen molar-refractivity contribution in [3.63, 3.8) is 0 Å². The number of aromatic nitrogens is 1. The molecule has 0 unspecified atom stereocenters. The molecule has 1 amide bonds. The van der Waals surface area contributed by atoms with Crippen LogP contribution in [0.1, 0.15) is 17.3 Å². The molecule has 0 aliphatic carbocycles. The van der Waals surface area contributed by atoms with Crippen molar-refractivity contribution in [2.24, 2.45) is 0 Å². The van der Waals surface area contributed by atoms with E-state index in [4.69, 9.17) is 0 Å². The maximum atomic E-state index is 13.2. The van der Waals surface area contributed by atoms with E-state index in [0.29, 0.717) is 29.9 Å². The Kier molecular flexibility index (Phi) is 6.11. The van der Waals surface area contributed by atoms with Gasteiger partial charge in [0.25, 0.3) is 5.91 Å². The molecule has 2 aromatic carbocycles. The highest BCUT2D eigenvalue weighted by Gasteiger charge is 2.31. The summed E-state index contributed by atoms with van der Waals surface area (Å²) in [5.74, 6) is -0.0992. The minimum Gasteiger partial charge on any atom is -0.378 e. The molecule has 2 heterocycles. The molecule has 4 rings (SSSR count). The number of rotatable bonds is 5. The van der Waals surface area contributed by atoms with Crippen LogP contribution in [0.3, 0.4) is 0 Å². The van der Waals surface area contributed by atoms with E-state index in [2.05, 4.69) is 0 Å². The molecule has 1 aromatic heterocycles. The summed E-state index contributed by atoms with van der Waals surface area (Å²) < 4.78 is 30.1. The fourth-order valence-electron chi connectivity index (χ4n) is 3.89. The molecule has 10 heteroatoms. The quantitative estimate of drug-likeness (QED) is 0.567. The molecule has 1 aliphatic rings. The minimum atomic E-state index is -3.71. The maximum absolute atomic E-state index is 13.2. The predicted octanol–water partition coefficient (Wildman–Crippen LogP) is 2.30. The summed E-state index contributed by atoms with van der Waals surface area (Å²) in [4.78, 5) is 28.7. The molecule has 1 fully saturated rings. The van der Waals surface area contributed by atoms with Crippen LogP contribution in [0, 0.1) is 0 Å². The van der Waals surface area contributed by atoms with Crippen LogP contribution in [0.15, 0.2) is 52.2 Å². The van der Waals surface area contributed by atoms with Crippen LogP contribution < -0.4 is 9.77 Å². The van der Waals surface area contributed by atoms with Gasteiger partial charge in [-0.25, -0.2) is 8.42 Å². The van der Waals surface area contributed by atoms with Gasteiger partial charge in [-0.15, -0.1) is 0 Å². The van der Waals surface area contributed by atoms with Gasteiger partial charge in [0.15, 0.2) is 0 Å². The Balaban J connectivity index is 1.50. The molecule has 1 saturated heterocycles. The summed E-state index contributed by atoms with van der Waals surface area (Å²) in [5.41, 5.74) is 2.27. The zero-order chi connectivity index (χ0) is 23.0. The topological polar surface area (TPSA) is 82.9 Å². The van der Waals surface area contributed by atoms with Gasteiger partial charge in [-0.3, -0.25) is 14.2 Å². The smallest absolute Gasteiger partial charge is 0.308 e. The highest BCUT2D eigenvalue weighted by atomic mass is 32.2. The number of thiazole rings is 1. The number of carbonyl (C=O) groups excluding carboxylic acids is 1. The first kappa shape index (κ1) is 22.5. The van der Waals surface area contributed by atoms with E-state index in [1.54, 1.807) is 33.7 Å². The number of hydrogen-bond donors (Lipinski definition) is 0. The van der Waals surface area contributed by atoms with Gasteiger partial charge >= 0.3 is 4.87 Å². The van der Waals surface area contributed by atoms with Crippen LogP contribution in [0.4, 0.5) is 5.69 Å². The standard InChI is InChI=1S/C22H26N4O4S2/c1-4-26-19-9-8-18(15-20(19)31-22(26)28)32(29,30)25-12-10-24(11-13-25)21(27)16-6-5-7-17(14-16)23(2)3/h5-9,14-15H,4,10-13H2,1-3H3. The molecular weight excluding hydrogens is 448 g/mol. The molecule has 0 spiro atoms. The van der Waals surface area contributed by atoms with Crippen LogP contribution in [0.25, 0.3) is 10.2 Å². The number of amides is 1. The van der Waals surface area contributed by atoms with Gasteiger partial charge < -0.3 is 9.80 Å². The lowest BCUT2D eigenvalue weighted by molar-refractivity contribution is 0.0698. The van der Waals surface area contributed by atoms with Gasteiger partial charge in [-0.2, -0.15) is 4.31 Å². The van der Waals surface area contributed by atoms with Gasteiger partial charge in [0.1, 0.15) is 0 Å². The third kappa shape index (κ3) is 4.05. The van der Waals surface area contributed by atoms with Crippen molar-refractivity contribution >= 4 is 43.2 Å².